The molecule has 0 bridgehead atoms. The molecule has 1 saturated carbocycles. The van der Waals surface area contributed by atoms with Crippen LogP contribution < -0.4 is 14.8 Å². The van der Waals surface area contributed by atoms with Gasteiger partial charge < -0.3 is 19.9 Å². The van der Waals surface area contributed by atoms with Crippen molar-refractivity contribution in [3.8, 4) is 22.8 Å². The maximum absolute atomic E-state index is 13.8. The first kappa shape index (κ1) is 26.6. The second-order valence-electron chi connectivity index (χ2n) is 10.6. The molecule has 1 unspecified atom stereocenters. The van der Waals surface area contributed by atoms with Crippen molar-refractivity contribution in [2.45, 2.75) is 63.2 Å². The smallest absolute Gasteiger partial charge is 0.163 e. The van der Waals surface area contributed by atoms with Gasteiger partial charge in [0.2, 0.25) is 0 Å². The lowest BCUT2D eigenvalue weighted by Crippen LogP contribution is -2.51. The van der Waals surface area contributed by atoms with E-state index in [4.69, 9.17) is 26.1 Å². The molecule has 2 aromatic carbocycles. The number of carbonyl (C=O) groups excluding carboxylic acids is 1. The zero-order valence-electron chi connectivity index (χ0n) is 21.8. The van der Waals surface area contributed by atoms with E-state index in [9.17, 15) is 14.3 Å². The minimum Gasteiger partial charge on any atom is -0.493 e. The number of ether oxygens (including phenoxy) is 2. The lowest BCUT2D eigenvalue weighted by atomic mass is 9.81. The van der Waals surface area contributed by atoms with E-state index in [-0.39, 0.29) is 35.3 Å². The Balaban J connectivity index is 1.39. The van der Waals surface area contributed by atoms with Gasteiger partial charge in [0, 0.05) is 23.1 Å². The first-order chi connectivity index (χ1) is 18.1. The van der Waals surface area contributed by atoms with Crippen LogP contribution in [0.15, 0.2) is 48.5 Å². The number of benzene rings is 2. The van der Waals surface area contributed by atoms with E-state index in [1.807, 2.05) is 12.1 Å². The summed E-state index contributed by atoms with van der Waals surface area (Å²) in [7, 11) is 1.55. The summed E-state index contributed by atoms with van der Waals surface area (Å²) in [5, 5.41) is 15.0. The van der Waals surface area contributed by atoms with E-state index < -0.39 is 11.4 Å². The highest BCUT2D eigenvalue weighted by atomic mass is 35.5. The fourth-order valence-corrected chi connectivity index (χ4v) is 4.79. The standard InChI is InChI=1S/C30H32ClFN2O4/c1-29(12-13-33-29)20-16-24(18-4-8-23(32)22(31)14-18)34-28(17-20)30(2,36)11-10-25(35)19-5-9-26(27(15-19)37-3)38-21-6-7-21/h4-5,8-9,14-17,21,33,36H,6-7,10-13H2,1-3H3/t29-,30?/m1/s1. The lowest BCUT2D eigenvalue weighted by molar-refractivity contribution is 0.0395. The van der Waals surface area contributed by atoms with Crippen molar-refractivity contribution in [1.82, 2.24) is 10.3 Å². The van der Waals surface area contributed by atoms with E-state index in [1.165, 1.54) is 12.1 Å². The molecular formula is C30H32ClFN2O4. The first-order valence-electron chi connectivity index (χ1n) is 12.9. The number of Topliss-reactive ketones (excluding diaryl/α,β-unsaturated/α-hetero) is 1. The third kappa shape index (κ3) is 5.55. The van der Waals surface area contributed by atoms with Crippen LogP contribution in [0.4, 0.5) is 4.39 Å². The summed E-state index contributed by atoms with van der Waals surface area (Å²) in [6.07, 6.45) is 3.48. The van der Waals surface area contributed by atoms with Crippen molar-refractivity contribution in [1.29, 1.82) is 0 Å². The van der Waals surface area contributed by atoms with Crippen LogP contribution in [-0.4, -0.2) is 35.6 Å². The van der Waals surface area contributed by atoms with Crippen LogP contribution in [0.3, 0.4) is 0 Å². The predicted octanol–water partition coefficient (Wildman–Crippen LogP) is 6.17. The maximum atomic E-state index is 13.8. The number of carbonyl (C=O) groups is 1. The van der Waals surface area contributed by atoms with Crippen molar-refractivity contribution < 1.29 is 23.8 Å². The van der Waals surface area contributed by atoms with Crippen molar-refractivity contribution in [3.63, 3.8) is 0 Å². The molecule has 1 aliphatic heterocycles. The molecule has 8 heteroatoms. The highest BCUT2D eigenvalue weighted by Gasteiger charge is 2.36. The van der Waals surface area contributed by atoms with E-state index in [0.717, 1.165) is 31.4 Å². The van der Waals surface area contributed by atoms with Crippen molar-refractivity contribution in [2.24, 2.45) is 0 Å². The molecule has 0 amide bonds. The molecule has 0 radical (unpaired) electrons. The van der Waals surface area contributed by atoms with Crippen LogP contribution >= 0.6 is 11.6 Å². The Morgan fingerprint density at radius 2 is 1.97 bits per heavy atom. The average molecular weight is 539 g/mol. The minimum absolute atomic E-state index is 0.00516. The Labute approximate surface area is 227 Å². The van der Waals surface area contributed by atoms with Crippen molar-refractivity contribution >= 4 is 17.4 Å². The molecule has 0 spiro atoms. The van der Waals surface area contributed by atoms with Gasteiger partial charge in [-0.3, -0.25) is 4.79 Å². The first-order valence-corrected chi connectivity index (χ1v) is 13.3. The van der Waals surface area contributed by atoms with Crippen LogP contribution in [0.25, 0.3) is 11.3 Å². The van der Waals surface area contributed by atoms with Gasteiger partial charge in [-0.25, -0.2) is 9.37 Å². The van der Waals surface area contributed by atoms with Gasteiger partial charge in [0.05, 0.1) is 29.6 Å². The molecule has 6 nitrogen and oxygen atoms in total. The largest absolute Gasteiger partial charge is 0.493 e. The van der Waals surface area contributed by atoms with Crippen molar-refractivity contribution in [3.05, 3.63) is 76.2 Å². The van der Waals surface area contributed by atoms with Gasteiger partial charge in [-0.05, 0) is 100 Å². The molecule has 5 rings (SSSR count). The Morgan fingerprint density at radius 3 is 2.61 bits per heavy atom. The SMILES string of the molecule is COc1cc(C(=O)CCC(C)(O)c2cc([C@@]3(C)CCN3)cc(-c3ccc(F)c(Cl)c3)n2)ccc1OC1CC1. The highest BCUT2D eigenvalue weighted by molar-refractivity contribution is 6.31. The molecule has 2 aliphatic rings. The van der Waals surface area contributed by atoms with E-state index >= 15 is 0 Å². The number of ketones is 1. The third-order valence-corrected chi connectivity index (χ3v) is 7.80. The number of aliphatic hydroxyl groups is 1. The molecule has 3 aromatic rings. The molecular weight excluding hydrogens is 507 g/mol. The van der Waals surface area contributed by atoms with Gasteiger partial charge >= 0.3 is 0 Å². The number of hydrogen-bond donors (Lipinski definition) is 2. The van der Waals surface area contributed by atoms with Crippen LogP contribution in [0.2, 0.25) is 5.02 Å². The summed E-state index contributed by atoms with van der Waals surface area (Å²) in [4.78, 5) is 17.8. The Hall–Kier alpha value is -3.00. The highest BCUT2D eigenvalue weighted by Crippen LogP contribution is 2.38. The summed E-state index contributed by atoms with van der Waals surface area (Å²) >= 11 is 6.04. The summed E-state index contributed by atoms with van der Waals surface area (Å²) in [5.74, 6) is 0.531. The number of nitrogens with one attached hydrogen (secondary N) is 1. The average Bonchev–Trinajstić information content (AvgIpc) is 3.71. The quantitative estimate of drug-likeness (QED) is 0.300. The Kier molecular flexibility index (Phi) is 7.20. The molecule has 1 aliphatic carbocycles. The number of hydrogen-bond acceptors (Lipinski definition) is 6. The maximum Gasteiger partial charge on any atom is 0.163 e. The number of rotatable bonds is 10. The molecule has 2 heterocycles. The fourth-order valence-electron chi connectivity index (χ4n) is 4.61. The van der Waals surface area contributed by atoms with E-state index in [0.29, 0.717) is 34.0 Å². The van der Waals surface area contributed by atoms with Gasteiger partial charge in [-0.2, -0.15) is 0 Å². The van der Waals surface area contributed by atoms with Crippen LogP contribution in [-0.2, 0) is 11.1 Å². The fraction of sp³-hybridized carbons (Fsp3) is 0.400. The van der Waals surface area contributed by atoms with Gasteiger partial charge in [0.1, 0.15) is 11.4 Å². The molecule has 2 atom stereocenters. The van der Waals surface area contributed by atoms with E-state index in [2.05, 4.69) is 12.2 Å². The van der Waals surface area contributed by atoms with Crippen LogP contribution in [0.5, 0.6) is 11.5 Å². The molecule has 1 aromatic heterocycles. The van der Waals surface area contributed by atoms with Gasteiger partial charge in [-0.15, -0.1) is 0 Å². The molecule has 1 saturated heterocycles. The number of nitrogens with zero attached hydrogens (tertiary/aromatic N) is 1. The minimum atomic E-state index is -1.39. The summed E-state index contributed by atoms with van der Waals surface area (Å²) < 4.78 is 25.1. The zero-order valence-corrected chi connectivity index (χ0v) is 22.6. The van der Waals surface area contributed by atoms with Gasteiger partial charge in [0.25, 0.3) is 0 Å². The van der Waals surface area contributed by atoms with Crippen LogP contribution in [0.1, 0.15) is 67.6 Å². The molecule has 2 N–H and O–H groups in total. The zero-order chi connectivity index (χ0) is 27.1. The van der Waals surface area contributed by atoms with Gasteiger partial charge in [-0.1, -0.05) is 11.6 Å². The summed E-state index contributed by atoms with van der Waals surface area (Å²) in [5.41, 5.74) is 1.49. The third-order valence-electron chi connectivity index (χ3n) is 7.51. The predicted molar refractivity (Wildman–Crippen MR) is 144 cm³/mol. The van der Waals surface area contributed by atoms with Crippen molar-refractivity contribution in [2.75, 3.05) is 13.7 Å². The lowest BCUT2D eigenvalue weighted by Gasteiger charge is -2.41. The Bertz CT molecular complexity index is 1370. The molecule has 200 valence electrons. The monoisotopic (exact) mass is 538 g/mol. The second kappa shape index (κ2) is 10.3. The number of aromatic nitrogens is 1. The van der Waals surface area contributed by atoms with E-state index in [1.54, 1.807) is 38.3 Å². The number of halogens is 2. The number of methoxy groups -OCH3 is 1. The summed E-state index contributed by atoms with van der Waals surface area (Å²) in [6, 6.07) is 13.5. The number of pyridine rings is 1. The normalized spacial score (nSPS) is 20.4. The molecule has 2 fully saturated rings. The van der Waals surface area contributed by atoms with Crippen LogP contribution in [0, 0.1) is 5.82 Å². The topological polar surface area (TPSA) is 80.7 Å². The summed E-state index contributed by atoms with van der Waals surface area (Å²) in [6.45, 7) is 4.65. The molecule has 38 heavy (non-hydrogen) atoms. The Morgan fingerprint density at radius 1 is 1.21 bits per heavy atom. The van der Waals surface area contributed by atoms with Gasteiger partial charge in [0.15, 0.2) is 17.3 Å². The second-order valence-corrected chi connectivity index (χ2v) is 11.1.